The minimum atomic E-state index is -2.63. The lowest BCUT2D eigenvalue weighted by atomic mass is 9.56. The summed E-state index contributed by atoms with van der Waals surface area (Å²) >= 11 is 0. The van der Waals surface area contributed by atoms with Crippen molar-refractivity contribution >= 4 is 23.2 Å². The molecule has 2 aromatic rings. The Bertz CT molecular complexity index is 1440. The van der Waals surface area contributed by atoms with Gasteiger partial charge in [0.15, 0.2) is 11.4 Å². The van der Waals surface area contributed by atoms with Gasteiger partial charge in [-0.2, -0.15) is 0 Å². The first-order valence-electron chi connectivity index (χ1n) is 13.1. The molecule has 0 aliphatic heterocycles. The summed E-state index contributed by atoms with van der Waals surface area (Å²) in [4.78, 5) is 38.7. The van der Waals surface area contributed by atoms with Crippen molar-refractivity contribution < 1.29 is 43.9 Å². The van der Waals surface area contributed by atoms with Gasteiger partial charge in [0, 0.05) is 30.1 Å². The third kappa shape index (κ3) is 4.16. The molecule has 5 atom stereocenters. The molecule has 2 fully saturated rings. The van der Waals surface area contributed by atoms with E-state index < -0.39 is 59.4 Å². The van der Waals surface area contributed by atoms with Crippen LogP contribution >= 0.6 is 0 Å². The van der Waals surface area contributed by atoms with Crippen molar-refractivity contribution in [2.24, 2.45) is 23.5 Å². The first-order valence-corrected chi connectivity index (χ1v) is 13.1. The smallest absolute Gasteiger partial charge is 0.230 e. The minimum Gasteiger partial charge on any atom is -0.507 e. The van der Waals surface area contributed by atoms with Gasteiger partial charge in [-0.05, 0) is 60.1 Å². The highest BCUT2D eigenvalue weighted by molar-refractivity contribution is 6.24. The molecule has 11 heteroatoms. The fourth-order valence-corrected chi connectivity index (χ4v) is 6.55. The third-order valence-corrected chi connectivity index (χ3v) is 8.42. The van der Waals surface area contributed by atoms with Gasteiger partial charge in [-0.3, -0.25) is 14.4 Å². The average Bonchev–Trinajstić information content (AvgIpc) is 2.91. The number of hydrogen-bond acceptors (Lipinski definition) is 9. The van der Waals surface area contributed by atoms with Crippen LogP contribution in [0.3, 0.4) is 0 Å². The number of aromatic hydroxyl groups is 1. The second-order valence-corrected chi connectivity index (χ2v) is 10.6. The number of nitrogens with one attached hydrogen (secondary N) is 1. The van der Waals surface area contributed by atoms with Crippen LogP contribution < -0.4 is 15.8 Å². The van der Waals surface area contributed by atoms with Gasteiger partial charge >= 0.3 is 0 Å². The molecule has 3 aliphatic carbocycles. The highest BCUT2D eigenvalue weighted by Crippen LogP contribution is 2.53. The van der Waals surface area contributed by atoms with Gasteiger partial charge in [-0.25, -0.2) is 4.39 Å². The van der Waals surface area contributed by atoms with E-state index in [9.17, 15) is 39.2 Å². The summed E-state index contributed by atoms with van der Waals surface area (Å²) in [5.74, 6) is -7.12. The Morgan fingerprint density at radius 2 is 1.93 bits per heavy atom. The van der Waals surface area contributed by atoms with Gasteiger partial charge < -0.3 is 36.2 Å². The quantitative estimate of drug-likeness (QED) is 0.217. The molecule has 0 aromatic heterocycles. The molecule has 0 radical (unpaired) electrons. The second-order valence-electron chi connectivity index (χ2n) is 10.6. The zero-order valence-corrected chi connectivity index (χ0v) is 21.8. The largest absolute Gasteiger partial charge is 0.507 e. The van der Waals surface area contributed by atoms with E-state index in [0.717, 1.165) is 5.56 Å². The molecular weight excluding hydrogens is 523 g/mol. The van der Waals surface area contributed by atoms with Crippen molar-refractivity contribution in [3.05, 3.63) is 52.6 Å². The summed E-state index contributed by atoms with van der Waals surface area (Å²) < 4.78 is 18.2. The number of Topliss-reactive ketones (excluding diaryl/α,β-unsaturated/α-hetero) is 2. The Morgan fingerprint density at radius 1 is 1.18 bits per heavy atom. The first-order chi connectivity index (χ1) is 19.0. The molecule has 7 N–H and O–H groups in total. The van der Waals surface area contributed by atoms with Gasteiger partial charge in [0.1, 0.15) is 29.9 Å². The van der Waals surface area contributed by atoms with E-state index in [-0.39, 0.29) is 42.7 Å². The molecule has 10 nitrogen and oxygen atoms in total. The summed E-state index contributed by atoms with van der Waals surface area (Å²) in [6, 6.07) is 8.50. The number of benzene rings is 2. The van der Waals surface area contributed by atoms with Gasteiger partial charge in [-0.15, -0.1) is 0 Å². The number of fused-ring (bicyclic) bond motifs is 3. The van der Waals surface area contributed by atoms with Gasteiger partial charge in [0.05, 0.1) is 18.8 Å². The second kappa shape index (κ2) is 10.3. The Kier molecular flexibility index (Phi) is 7.15. The molecule has 0 saturated heterocycles. The lowest BCUT2D eigenvalue weighted by Gasteiger charge is -2.48. The van der Waals surface area contributed by atoms with Crippen molar-refractivity contribution in [1.29, 1.82) is 0 Å². The van der Waals surface area contributed by atoms with Crippen molar-refractivity contribution in [2.45, 2.75) is 37.5 Å². The number of rotatable bonds is 7. The third-order valence-electron chi connectivity index (χ3n) is 8.42. The lowest BCUT2D eigenvalue weighted by molar-refractivity contribution is -0.174. The first kappa shape index (κ1) is 27.8. The Labute approximate surface area is 229 Å². The zero-order chi connectivity index (χ0) is 28.9. The number of phenols is 1. The molecule has 5 rings (SSSR count). The monoisotopic (exact) mass is 554 g/mol. The van der Waals surface area contributed by atoms with Crippen LogP contribution in [0.25, 0.3) is 16.9 Å². The minimum absolute atomic E-state index is 0.00287. The van der Waals surface area contributed by atoms with Crippen LogP contribution in [0.1, 0.15) is 29.5 Å². The molecule has 0 spiro atoms. The van der Waals surface area contributed by atoms with E-state index >= 15 is 0 Å². The Hall–Kier alpha value is -3.80. The van der Waals surface area contributed by atoms with Gasteiger partial charge in [0.25, 0.3) is 0 Å². The molecule has 2 unspecified atom stereocenters. The van der Waals surface area contributed by atoms with Crippen LogP contribution in [0.4, 0.5) is 4.39 Å². The summed E-state index contributed by atoms with van der Waals surface area (Å²) in [5.41, 5.74) is 5.11. The lowest BCUT2D eigenvalue weighted by Crippen LogP contribution is -2.66. The van der Waals surface area contributed by atoms with Crippen LogP contribution in [0.15, 0.2) is 35.9 Å². The van der Waals surface area contributed by atoms with Crippen LogP contribution in [0.5, 0.6) is 11.5 Å². The normalized spacial score (nSPS) is 27.6. The van der Waals surface area contributed by atoms with Gasteiger partial charge in [0.2, 0.25) is 11.7 Å². The van der Waals surface area contributed by atoms with Crippen LogP contribution in [-0.2, 0) is 27.3 Å². The van der Waals surface area contributed by atoms with Crippen molar-refractivity contribution in [1.82, 2.24) is 5.32 Å². The number of hydrogen-bond donors (Lipinski definition) is 6. The van der Waals surface area contributed by atoms with Crippen LogP contribution in [0.2, 0.25) is 0 Å². The highest BCUT2D eigenvalue weighted by atomic mass is 19.1. The molecule has 2 saturated carbocycles. The molecule has 1 amide bonds. The standard InChI is InChI=1S/C29H31FN2O8/c1-40-21-5-2-13(12-32-7-6-30)8-17(21)16-3-4-19(33)23-18(16)10-14-9-15-11-20(34)24(28(31)38)27(37)29(15,39)26(36)22(14)25(23)35/h2-5,8,14-15,20,24,32-35,39H,6-7,9-12H2,1H3,(H2,31,38)/t14-,15+,20?,24?,29+/m1/s1. The average molecular weight is 555 g/mol. The fraction of sp³-hybridized carbons (Fsp3) is 0.414. The SMILES string of the molecule is COc1ccc(CNCCF)cc1-c1ccc(O)c2c1C[C@H]1C[C@H]3CC(O)C(C(N)=O)C(=O)[C@@]3(O)C(=O)C1=C2O. The number of aliphatic hydroxyl groups excluding tert-OH is 2. The Balaban J connectivity index is 1.63. The molecule has 3 aliphatic rings. The van der Waals surface area contributed by atoms with Crippen molar-refractivity contribution in [2.75, 3.05) is 20.3 Å². The van der Waals surface area contributed by atoms with E-state index in [4.69, 9.17) is 10.5 Å². The number of primary amides is 1. The number of carbonyl (C=O) groups is 3. The maximum Gasteiger partial charge on any atom is 0.230 e. The maximum atomic E-state index is 13.7. The van der Waals surface area contributed by atoms with Crippen molar-refractivity contribution in [3.8, 4) is 22.6 Å². The number of ketones is 2. The number of ether oxygens (including phenoxy) is 1. The number of nitrogens with two attached hydrogens (primary N) is 1. The van der Waals surface area contributed by atoms with E-state index in [2.05, 4.69) is 5.32 Å². The molecule has 212 valence electrons. The number of phenolic OH excluding ortho intramolecular Hbond substituents is 1. The highest BCUT2D eigenvalue weighted by Gasteiger charge is 2.64. The van der Waals surface area contributed by atoms with Crippen LogP contribution in [-0.4, -0.2) is 69.9 Å². The zero-order valence-electron chi connectivity index (χ0n) is 21.8. The summed E-state index contributed by atoms with van der Waals surface area (Å²) in [5, 5.41) is 47.0. The number of aliphatic hydroxyl groups is 3. The van der Waals surface area contributed by atoms with Gasteiger partial charge in [-0.1, -0.05) is 12.1 Å². The fourth-order valence-electron chi connectivity index (χ4n) is 6.55. The van der Waals surface area contributed by atoms with E-state index in [0.29, 0.717) is 29.0 Å². The number of alkyl halides is 1. The summed E-state index contributed by atoms with van der Waals surface area (Å²) in [7, 11) is 1.51. The molecule has 40 heavy (non-hydrogen) atoms. The van der Waals surface area contributed by atoms with Crippen molar-refractivity contribution in [3.63, 3.8) is 0 Å². The summed E-state index contributed by atoms with van der Waals surface area (Å²) in [6.07, 6.45) is -1.41. The number of halogens is 1. The van der Waals surface area contributed by atoms with E-state index in [1.165, 1.54) is 13.2 Å². The van der Waals surface area contributed by atoms with E-state index in [1.807, 2.05) is 12.1 Å². The number of amides is 1. The molecule has 0 bridgehead atoms. The maximum absolute atomic E-state index is 13.7. The summed E-state index contributed by atoms with van der Waals surface area (Å²) in [6.45, 7) is 0.0824. The number of methoxy groups -OCH3 is 1. The van der Waals surface area contributed by atoms with E-state index in [1.54, 1.807) is 12.1 Å². The van der Waals surface area contributed by atoms with Crippen LogP contribution in [0, 0.1) is 17.8 Å². The molecular formula is C29H31FN2O8. The molecule has 0 heterocycles. The molecule has 2 aromatic carbocycles. The number of carbonyl (C=O) groups excluding carboxylic acids is 3. The Morgan fingerprint density at radius 3 is 2.60 bits per heavy atom. The topological polar surface area (TPSA) is 179 Å². The predicted octanol–water partition coefficient (Wildman–Crippen LogP) is 1.32. The predicted molar refractivity (Wildman–Crippen MR) is 141 cm³/mol.